The van der Waals surface area contributed by atoms with Crippen LogP contribution in [0, 0.1) is 5.41 Å². The number of hydrogen-bond donors (Lipinski definition) is 1. The number of β-amino-alcohol motifs (C(OH)–C–C–N with tert-alkyl or cyclic N) is 1. The quantitative estimate of drug-likeness (QED) is 0.555. The van der Waals surface area contributed by atoms with Crippen molar-refractivity contribution in [2.45, 2.75) is 63.5 Å². The zero-order valence-corrected chi connectivity index (χ0v) is 21.2. The molecule has 3 atom stereocenters. The molecule has 1 N–H and O–H groups in total. The molecule has 7 nitrogen and oxygen atoms in total. The third-order valence-electron chi connectivity index (χ3n) is 7.87. The average molecular weight is 548 g/mol. The van der Waals surface area contributed by atoms with Crippen LogP contribution in [-0.4, -0.2) is 88.6 Å². The molecule has 204 valence electrons. The Morgan fingerprint density at radius 2 is 1.89 bits per heavy atom. The Hall–Kier alpha value is -2.40. The number of carbonyl (C=O) groups is 3. The third kappa shape index (κ3) is 5.87. The molecule has 0 radical (unpaired) electrons. The SMILES string of the molecule is C[C@H]1C(=O)N(CCC(F)C(=O)N2CCC3(CC3)[C@H](O)C2)CCN1C(=O)Cc1ccc(C(F)(F)F)c(Cl)c1. The second-order valence-electron chi connectivity index (χ2n) is 10.2. The molecular formula is C25H30ClF4N3O4. The molecule has 1 unspecified atom stereocenters. The van der Waals surface area contributed by atoms with Gasteiger partial charge in [0.25, 0.3) is 5.91 Å². The molecule has 2 aliphatic heterocycles. The average Bonchev–Trinajstić information content (AvgIpc) is 3.61. The lowest BCUT2D eigenvalue weighted by molar-refractivity contribution is -0.151. The van der Waals surface area contributed by atoms with Gasteiger partial charge < -0.3 is 19.8 Å². The van der Waals surface area contributed by atoms with Crippen molar-refractivity contribution in [2.75, 3.05) is 32.7 Å². The first-order valence-electron chi connectivity index (χ1n) is 12.4. The van der Waals surface area contributed by atoms with Crippen LogP contribution >= 0.6 is 11.6 Å². The number of alkyl halides is 4. The molecule has 4 rings (SSSR count). The van der Waals surface area contributed by atoms with Gasteiger partial charge in [-0.25, -0.2) is 4.39 Å². The first-order chi connectivity index (χ1) is 17.3. The summed E-state index contributed by atoms with van der Waals surface area (Å²) in [6, 6.07) is 2.25. The number of benzene rings is 1. The number of nitrogens with zero attached hydrogens (tertiary/aromatic N) is 3. The first kappa shape index (κ1) is 27.6. The van der Waals surface area contributed by atoms with Crippen LogP contribution in [0.5, 0.6) is 0 Å². The zero-order valence-electron chi connectivity index (χ0n) is 20.4. The van der Waals surface area contributed by atoms with Gasteiger partial charge in [0.2, 0.25) is 11.8 Å². The van der Waals surface area contributed by atoms with Gasteiger partial charge >= 0.3 is 6.18 Å². The summed E-state index contributed by atoms with van der Waals surface area (Å²) in [5.74, 6) is -1.51. The fourth-order valence-corrected chi connectivity index (χ4v) is 5.53. The number of amides is 3. The molecule has 3 aliphatic rings. The number of piperazine rings is 1. The summed E-state index contributed by atoms with van der Waals surface area (Å²) in [6.07, 6.45) is -4.92. The van der Waals surface area contributed by atoms with E-state index in [-0.39, 0.29) is 44.4 Å². The normalized spacial score (nSPS) is 24.4. The number of aliphatic hydroxyl groups excluding tert-OH is 1. The van der Waals surface area contributed by atoms with E-state index in [1.54, 1.807) is 0 Å². The summed E-state index contributed by atoms with van der Waals surface area (Å²) in [6.45, 7) is 2.40. The van der Waals surface area contributed by atoms with Gasteiger partial charge in [-0.05, 0) is 49.3 Å². The highest BCUT2D eigenvalue weighted by Gasteiger charge is 2.52. The van der Waals surface area contributed by atoms with E-state index >= 15 is 0 Å². The smallest absolute Gasteiger partial charge is 0.391 e. The second kappa shape index (κ2) is 10.4. The van der Waals surface area contributed by atoms with Crippen molar-refractivity contribution in [3.05, 3.63) is 34.3 Å². The van der Waals surface area contributed by atoms with Gasteiger partial charge in [-0.2, -0.15) is 13.2 Å². The Kier molecular flexibility index (Phi) is 7.77. The Morgan fingerprint density at radius 3 is 2.49 bits per heavy atom. The number of aliphatic hydroxyl groups is 1. The lowest BCUT2D eigenvalue weighted by Gasteiger charge is -2.40. The van der Waals surface area contributed by atoms with Crippen LogP contribution < -0.4 is 0 Å². The lowest BCUT2D eigenvalue weighted by atomic mass is 9.90. The van der Waals surface area contributed by atoms with Gasteiger partial charge in [-0.1, -0.05) is 17.7 Å². The minimum absolute atomic E-state index is 0.00690. The van der Waals surface area contributed by atoms with Crippen molar-refractivity contribution in [3.63, 3.8) is 0 Å². The molecule has 3 amide bonds. The van der Waals surface area contributed by atoms with Crippen molar-refractivity contribution in [1.82, 2.24) is 14.7 Å². The molecule has 1 spiro atoms. The zero-order chi connectivity index (χ0) is 27.1. The molecule has 12 heteroatoms. The van der Waals surface area contributed by atoms with E-state index in [9.17, 15) is 37.1 Å². The molecule has 0 aromatic heterocycles. The second-order valence-corrected chi connectivity index (χ2v) is 10.7. The fraction of sp³-hybridized carbons (Fsp3) is 0.640. The van der Waals surface area contributed by atoms with E-state index in [0.29, 0.717) is 18.5 Å². The van der Waals surface area contributed by atoms with E-state index in [2.05, 4.69) is 0 Å². The van der Waals surface area contributed by atoms with E-state index in [0.717, 1.165) is 25.0 Å². The summed E-state index contributed by atoms with van der Waals surface area (Å²) >= 11 is 5.73. The minimum atomic E-state index is -4.60. The molecule has 1 saturated carbocycles. The first-order valence-corrected chi connectivity index (χ1v) is 12.7. The predicted octanol–water partition coefficient (Wildman–Crippen LogP) is 3.06. The van der Waals surface area contributed by atoms with Crippen molar-refractivity contribution < 1.29 is 37.1 Å². The Morgan fingerprint density at radius 1 is 1.19 bits per heavy atom. The van der Waals surface area contributed by atoms with E-state index < -0.39 is 52.8 Å². The maximum absolute atomic E-state index is 14.7. The molecule has 37 heavy (non-hydrogen) atoms. The minimum Gasteiger partial charge on any atom is -0.391 e. The maximum atomic E-state index is 14.7. The summed E-state index contributed by atoms with van der Waals surface area (Å²) in [5, 5.41) is 9.76. The molecule has 1 aromatic carbocycles. The highest BCUT2D eigenvalue weighted by atomic mass is 35.5. The number of carbonyl (C=O) groups excluding carboxylic acids is 3. The highest BCUT2D eigenvalue weighted by molar-refractivity contribution is 6.31. The third-order valence-corrected chi connectivity index (χ3v) is 8.18. The van der Waals surface area contributed by atoms with Gasteiger partial charge in [0, 0.05) is 39.1 Å². The van der Waals surface area contributed by atoms with Crippen LogP contribution in [0.4, 0.5) is 17.6 Å². The Balaban J connectivity index is 1.27. The van der Waals surface area contributed by atoms with Crippen LogP contribution in [0.1, 0.15) is 43.7 Å². The van der Waals surface area contributed by atoms with Gasteiger partial charge in [0.15, 0.2) is 6.17 Å². The summed E-state index contributed by atoms with van der Waals surface area (Å²) in [4.78, 5) is 42.3. The van der Waals surface area contributed by atoms with E-state index in [1.807, 2.05) is 0 Å². The molecule has 2 heterocycles. The standard InChI is InChI=1S/C25H30ClF4N3O4/c1-15-22(36)31(8-4-19(27)23(37)32-9-7-24(5-6-24)20(34)14-32)10-11-33(15)21(35)13-16-2-3-17(18(26)12-16)25(28,29)30/h2-3,12,15,19-20,34H,4-11,13-14H2,1H3/t15-,19?,20+/m0/s1. The van der Waals surface area contributed by atoms with Gasteiger partial charge in [-0.3, -0.25) is 14.4 Å². The molecular weight excluding hydrogens is 518 g/mol. The summed E-state index contributed by atoms with van der Waals surface area (Å²) in [5.41, 5.74) is -0.795. The molecule has 1 aromatic rings. The van der Waals surface area contributed by atoms with Crippen LogP contribution in [0.2, 0.25) is 5.02 Å². The number of piperidine rings is 1. The largest absolute Gasteiger partial charge is 0.417 e. The summed E-state index contributed by atoms with van der Waals surface area (Å²) < 4.78 is 53.4. The van der Waals surface area contributed by atoms with Crippen LogP contribution in [0.3, 0.4) is 0 Å². The molecule has 2 saturated heterocycles. The topological polar surface area (TPSA) is 81.2 Å². The van der Waals surface area contributed by atoms with Crippen LogP contribution in [-0.2, 0) is 27.0 Å². The van der Waals surface area contributed by atoms with Gasteiger partial charge in [0.05, 0.1) is 23.1 Å². The number of hydrogen-bond acceptors (Lipinski definition) is 4. The number of halogens is 5. The molecule has 0 bridgehead atoms. The Bertz CT molecular complexity index is 1060. The van der Waals surface area contributed by atoms with Crippen molar-refractivity contribution in [3.8, 4) is 0 Å². The monoisotopic (exact) mass is 547 g/mol. The Labute approximate surface area is 217 Å². The van der Waals surface area contributed by atoms with Gasteiger partial charge in [0.1, 0.15) is 6.04 Å². The van der Waals surface area contributed by atoms with Crippen molar-refractivity contribution in [1.29, 1.82) is 0 Å². The van der Waals surface area contributed by atoms with E-state index in [1.165, 1.54) is 27.7 Å². The van der Waals surface area contributed by atoms with Gasteiger partial charge in [-0.15, -0.1) is 0 Å². The lowest BCUT2D eigenvalue weighted by Crippen LogP contribution is -2.58. The number of rotatable bonds is 6. The fourth-order valence-electron chi connectivity index (χ4n) is 5.22. The maximum Gasteiger partial charge on any atom is 0.417 e. The van der Waals surface area contributed by atoms with Crippen LogP contribution in [0.25, 0.3) is 0 Å². The van der Waals surface area contributed by atoms with Crippen molar-refractivity contribution >= 4 is 29.3 Å². The van der Waals surface area contributed by atoms with Crippen molar-refractivity contribution in [2.24, 2.45) is 5.41 Å². The predicted molar refractivity (Wildman–Crippen MR) is 126 cm³/mol. The highest BCUT2D eigenvalue weighted by Crippen LogP contribution is 2.53. The molecule has 3 fully saturated rings. The summed E-state index contributed by atoms with van der Waals surface area (Å²) in [7, 11) is 0. The number of likely N-dealkylation sites (tertiary alicyclic amines) is 1. The molecule has 1 aliphatic carbocycles. The van der Waals surface area contributed by atoms with Crippen LogP contribution in [0.15, 0.2) is 18.2 Å². The van der Waals surface area contributed by atoms with E-state index in [4.69, 9.17) is 11.6 Å².